The monoisotopic (exact) mass is 299 g/mol. The molecule has 23 heavy (non-hydrogen) atoms. The Kier molecular flexibility index (Phi) is 3.24. The summed E-state index contributed by atoms with van der Waals surface area (Å²) in [7, 11) is 0. The number of hydrogen-bond acceptors (Lipinski definition) is 3. The van der Waals surface area contributed by atoms with Gasteiger partial charge in [-0.3, -0.25) is 9.78 Å². The fraction of sp³-hybridized carbons (Fsp3) is 0. The molecule has 0 aliphatic heterocycles. The normalized spacial score (nSPS) is 11.5. The number of allylic oxidation sites excluding steroid dienone is 1. The van der Waals surface area contributed by atoms with Crippen LogP contribution in [0.25, 0.3) is 27.8 Å². The van der Waals surface area contributed by atoms with Crippen LogP contribution >= 0.6 is 0 Å². The molecule has 2 aromatic carbocycles. The van der Waals surface area contributed by atoms with Crippen molar-refractivity contribution in [2.24, 2.45) is 0 Å². The third-order valence-electron chi connectivity index (χ3n) is 3.78. The van der Waals surface area contributed by atoms with E-state index in [1.807, 2.05) is 54.6 Å². The molecule has 3 nitrogen and oxygen atoms in total. The van der Waals surface area contributed by atoms with Crippen molar-refractivity contribution in [3.05, 3.63) is 84.4 Å². The molecule has 2 heterocycles. The van der Waals surface area contributed by atoms with Gasteiger partial charge in [0, 0.05) is 17.8 Å². The number of ketones is 1. The van der Waals surface area contributed by atoms with Crippen molar-refractivity contribution in [1.82, 2.24) is 4.98 Å². The fourth-order valence-electron chi connectivity index (χ4n) is 2.64. The summed E-state index contributed by atoms with van der Waals surface area (Å²) in [5.74, 6) is 0.186. The molecule has 0 bridgehead atoms. The Hall–Kier alpha value is -3.20. The van der Waals surface area contributed by atoms with E-state index in [-0.39, 0.29) is 5.78 Å². The predicted octanol–water partition coefficient (Wildman–Crippen LogP) is 4.88. The van der Waals surface area contributed by atoms with Crippen molar-refractivity contribution < 1.29 is 9.21 Å². The molecule has 4 rings (SSSR count). The Balaban J connectivity index is 1.73. The van der Waals surface area contributed by atoms with Gasteiger partial charge < -0.3 is 4.42 Å². The summed E-state index contributed by atoms with van der Waals surface area (Å²) in [6.07, 6.45) is 6.65. The van der Waals surface area contributed by atoms with E-state index in [0.717, 1.165) is 27.3 Å². The summed E-state index contributed by atoms with van der Waals surface area (Å²) < 4.78 is 5.71. The van der Waals surface area contributed by atoms with Crippen molar-refractivity contribution >= 4 is 33.6 Å². The zero-order chi connectivity index (χ0) is 15.6. The van der Waals surface area contributed by atoms with E-state index in [0.29, 0.717) is 5.76 Å². The van der Waals surface area contributed by atoms with Crippen LogP contribution in [0, 0.1) is 0 Å². The predicted molar refractivity (Wildman–Crippen MR) is 91.3 cm³/mol. The summed E-state index contributed by atoms with van der Waals surface area (Å²) in [4.78, 5) is 16.3. The highest BCUT2D eigenvalue weighted by Crippen LogP contribution is 2.28. The lowest BCUT2D eigenvalue weighted by atomic mass is 10.1. The second kappa shape index (κ2) is 5.54. The highest BCUT2D eigenvalue weighted by Gasteiger charge is 2.11. The highest BCUT2D eigenvalue weighted by molar-refractivity contribution is 6.11. The molecular weight excluding hydrogens is 286 g/mol. The number of pyridine rings is 1. The molecule has 0 N–H and O–H groups in total. The first kappa shape index (κ1) is 13.5. The van der Waals surface area contributed by atoms with Gasteiger partial charge >= 0.3 is 0 Å². The first-order valence-corrected chi connectivity index (χ1v) is 7.35. The van der Waals surface area contributed by atoms with Crippen LogP contribution in [0.4, 0.5) is 0 Å². The van der Waals surface area contributed by atoms with E-state index in [4.69, 9.17) is 4.42 Å². The molecule has 0 saturated carbocycles. The van der Waals surface area contributed by atoms with Crippen LogP contribution in [0.1, 0.15) is 16.1 Å². The van der Waals surface area contributed by atoms with Crippen LogP contribution in [0.5, 0.6) is 0 Å². The van der Waals surface area contributed by atoms with E-state index in [9.17, 15) is 4.79 Å². The molecule has 0 saturated heterocycles. The number of fused-ring (bicyclic) bond motifs is 3. The largest absolute Gasteiger partial charge is 0.453 e. The standard InChI is InChI=1S/C20H13NO2/c22-18(9-7-14-4-3-11-21-13-14)20-12-17-16-6-2-1-5-15(16)8-10-19(17)23-20/h1-13H. The molecule has 0 aliphatic rings. The van der Waals surface area contributed by atoms with Crippen LogP contribution in [0.3, 0.4) is 0 Å². The van der Waals surface area contributed by atoms with Crippen LogP contribution < -0.4 is 0 Å². The average Bonchev–Trinajstić information content (AvgIpc) is 3.05. The summed E-state index contributed by atoms with van der Waals surface area (Å²) >= 11 is 0. The summed E-state index contributed by atoms with van der Waals surface area (Å²) in [5, 5.41) is 3.18. The van der Waals surface area contributed by atoms with Gasteiger partial charge in [-0.05, 0) is 46.7 Å². The van der Waals surface area contributed by atoms with Gasteiger partial charge in [0.15, 0.2) is 5.76 Å². The van der Waals surface area contributed by atoms with Crippen molar-refractivity contribution in [2.75, 3.05) is 0 Å². The number of benzene rings is 2. The number of carbonyl (C=O) groups is 1. The minimum atomic E-state index is -0.158. The number of furan rings is 1. The minimum absolute atomic E-state index is 0.158. The Morgan fingerprint density at radius 3 is 2.78 bits per heavy atom. The van der Waals surface area contributed by atoms with Gasteiger partial charge in [0.05, 0.1) is 0 Å². The number of aromatic nitrogens is 1. The average molecular weight is 299 g/mol. The number of nitrogens with zero attached hydrogens (tertiary/aromatic N) is 1. The smallest absolute Gasteiger partial charge is 0.221 e. The van der Waals surface area contributed by atoms with Gasteiger partial charge in [-0.25, -0.2) is 0 Å². The molecule has 3 heteroatoms. The van der Waals surface area contributed by atoms with E-state index in [1.54, 1.807) is 18.5 Å². The van der Waals surface area contributed by atoms with Gasteiger partial charge in [-0.2, -0.15) is 0 Å². The van der Waals surface area contributed by atoms with Crippen LogP contribution in [0.2, 0.25) is 0 Å². The molecule has 0 unspecified atom stereocenters. The van der Waals surface area contributed by atoms with Crippen molar-refractivity contribution in [1.29, 1.82) is 0 Å². The third-order valence-corrected chi connectivity index (χ3v) is 3.78. The topological polar surface area (TPSA) is 43.1 Å². The summed E-state index contributed by atoms with van der Waals surface area (Å²) in [6, 6.07) is 17.5. The van der Waals surface area contributed by atoms with Gasteiger partial charge in [0.1, 0.15) is 5.58 Å². The molecule has 110 valence electrons. The van der Waals surface area contributed by atoms with E-state index in [1.165, 1.54) is 6.08 Å². The van der Waals surface area contributed by atoms with E-state index >= 15 is 0 Å². The summed E-state index contributed by atoms with van der Waals surface area (Å²) in [6.45, 7) is 0. The van der Waals surface area contributed by atoms with Crippen molar-refractivity contribution in [2.45, 2.75) is 0 Å². The molecule has 4 aromatic rings. The van der Waals surface area contributed by atoms with Crippen LogP contribution in [0.15, 0.2) is 77.5 Å². The fourth-order valence-corrected chi connectivity index (χ4v) is 2.64. The first-order chi connectivity index (χ1) is 11.3. The Morgan fingerprint density at radius 1 is 1.00 bits per heavy atom. The zero-order valence-corrected chi connectivity index (χ0v) is 12.3. The van der Waals surface area contributed by atoms with Gasteiger partial charge in [0.2, 0.25) is 5.78 Å². The van der Waals surface area contributed by atoms with Crippen LogP contribution in [-0.2, 0) is 0 Å². The van der Waals surface area contributed by atoms with E-state index in [2.05, 4.69) is 4.98 Å². The number of hydrogen-bond donors (Lipinski definition) is 0. The highest BCUT2D eigenvalue weighted by atomic mass is 16.3. The molecule has 0 radical (unpaired) electrons. The Bertz CT molecular complexity index is 1030. The van der Waals surface area contributed by atoms with Crippen molar-refractivity contribution in [3.8, 4) is 0 Å². The lowest BCUT2D eigenvalue weighted by molar-refractivity contribution is 0.102. The SMILES string of the molecule is O=C(C=Cc1cccnc1)c1cc2c(ccc3ccccc32)o1. The molecule has 0 spiro atoms. The van der Waals surface area contributed by atoms with Gasteiger partial charge in [-0.1, -0.05) is 36.4 Å². The molecule has 0 fully saturated rings. The molecule has 0 amide bonds. The van der Waals surface area contributed by atoms with Crippen LogP contribution in [-0.4, -0.2) is 10.8 Å². The minimum Gasteiger partial charge on any atom is -0.453 e. The Morgan fingerprint density at radius 2 is 1.91 bits per heavy atom. The first-order valence-electron chi connectivity index (χ1n) is 7.35. The molecular formula is C20H13NO2. The quantitative estimate of drug-likeness (QED) is 0.400. The lowest BCUT2D eigenvalue weighted by Crippen LogP contribution is -1.90. The van der Waals surface area contributed by atoms with Crippen molar-refractivity contribution in [3.63, 3.8) is 0 Å². The van der Waals surface area contributed by atoms with E-state index < -0.39 is 0 Å². The zero-order valence-electron chi connectivity index (χ0n) is 12.3. The Labute approximate surface area is 132 Å². The molecule has 2 aromatic heterocycles. The second-order valence-electron chi connectivity index (χ2n) is 5.29. The maximum Gasteiger partial charge on any atom is 0.221 e. The van der Waals surface area contributed by atoms with Gasteiger partial charge in [0.25, 0.3) is 0 Å². The molecule has 0 aliphatic carbocycles. The number of rotatable bonds is 3. The van der Waals surface area contributed by atoms with Gasteiger partial charge in [-0.15, -0.1) is 0 Å². The maximum absolute atomic E-state index is 12.3. The molecule has 0 atom stereocenters. The maximum atomic E-state index is 12.3. The third kappa shape index (κ3) is 2.53. The second-order valence-corrected chi connectivity index (χ2v) is 5.29. The lowest BCUT2D eigenvalue weighted by Gasteiger charge is -1.96. The number of carbonyl (C=O) groups excluding carboxylic acids is 1. The summed E-state index contributed by atoms with van der Waals surface area (Å²) in [5.41, 5.74) is 1.60.